The molecule has 0 bridgehead atoms. The number of amides is 1. The van der Waals surface area contributed by atoms with Gasteiger partial charge in [-0.25, -0.2) is 0 Å². The molecule has 3 atom stereocenters. The number of nitrogens with one attached hydrogen (secondary N) is 1. The van der Waals surface area contributed by atoms with Gasteiger partial charge in [-0.1, -0.05) is 66.5 Å². The van der Waals surface area contributed by atoms with Gasteiger partial charge in [0.25, 0.3) is 0 Å². The molecule has 4 N–H and O–H groups in total. The second kappa shape index (κ2) is 16.2. The van der Waals surface area contributed by atoms with E-state index < -0.39 is 17.6 Å². The molecule has 6 heteroatoms. The number of ether oxygens (including phenoxy) is 2. The minimum atomic E-state index is -0.774. The van der Waals surface area contributed by atoms with Gasteiger partial charge >= 0.3 is 0 Å². The van der Waals surface area contributed by atoms with Gasteiger partial charge in [0.05, 0.1) is 12.7 Å². The Morgan fingerprint density at radius 1 is 1.17 bits per heavy atom. The molecule has 0 heterocycles. The highest BCUT2D eigenvalue weighted by atomic mass is 16.5. The molecule has 0 radical (unpaired) electrons. The van der Waals surface area contributed by atoms with Gasteiger partial charge in [-0.2, -0.15) is 0 Å². The summed E-state index contributed by atoms with van der Waals surface area (Å²) >= 11 is 0. The van der Waals surface area contributed by atoms with E-state index in [1.54, 1.807) is 7.11 Å². The number of carbonyl (C=O) groups excluding carboxylic acids is 1. The monoisotopic (exact) mass is 492 g/mol. The highest BCUT2D eigenvalue weighted by Crippen LogP contribution is 2.28. The van der Waals surface area contributed by atoms with E-state index in [1.807, 2.05) is 13.8 Å². The van der Waals surface area contributed by atoms with E-state index in [2.05, 4.69) is 51.2 Å². The van der Waals surface area contributed by atoms with Gasteiger partial charge in [0.15, 0.2) is 0 Å². The Bertz CT molecular complexity index is 735. The fourth-order valence-electron chi connectivity index (χ4n) is 4.26. The van der Waals surface area contributed by atoms with Crippen molar-refractivity contribution in [2.45, 2.75) is 98.6 Å². The van der Waals surface area contributed by atoms with Gasteiger partial charge in [-0.15, -0.1) is 0 Å². The second-order valence-corrected chi connectivity index (χ2v) is 10.9. The van der Waals surface area contributed by atoms with Crippen LogP contribution in [0.5, 0.6) is 5.75 Å². The van der Waals surface area contributed by atoms with Gasteiger partial charge < -0.3 is 25.6 Å². The fraction of sp³-hybridized carbons (Fsp3) is 0.759. The number of hydrogen-bond acceptors (Lipinski definition) is 5. The zero-order valence-corrected chi connectivity index (χ0v) is 23.4. The molecule has 0 aliphatic heterocycles. The van der Waals surface area contributed by atoms with Crippen LogP contribution in [0.25, 0.3) is 0 Å². The van der Waals surface area contributed by atoms with Crippen molar-refractivity contribution < 1.29 is 19.4 Å². The van der Waals surface area contributed by atoms with Crippen molar-refractivity contribution >= 4 is 5.91 Å². The van der Waals surface area contributed by atoms with E-state index in [0.29, 0.717) is 31.5 Å². The molecule has 0 fully saturated rings. The van der Waals surface area contributed by atoms with E-state index in [0.717, 1.165) is 44.3 Å². The number of nitrogens with two attached hydrogens (primary N) is 1. The second-order valence-electron chi connectivity index (χ2n) is 10.9. The Labute approximate surface area is 214 Å². The third kappa shape index (κ3) is 11.3. The quantitative estimate of drug-likeness (QED) is 0.254. The lowest BCUT2D eigenvalue weighted by Gasteiger charge is -2.29. The summed E-state index contributed by atoms with van der Waals surface area (Å²) < 4.78 is 11.2. The minimum absolute atomic E-state index is 0.0216. The molecule has 35 heavy (non-hydrogen) atoms. The summed E-state index contributed by atoms with van der Waals surface area (Å²) in [6.45, 7) is 14.1. The fourth-order valence-corrected chi connectivity index (χ4v) is 4.26. The van der Waals surface area contributed by atoms with Gasteiger partial charge in [-0.05, 0) is 54.7 Å². The first-order valence-electron chi connectivity index (χ1n) is 13.5. The Kier molecular flexibility index (Phi) is 14.5. The largest absolute Gasteiger partial charge is 0.493 e. The summed E-state index contributed by atoms with van der Waals surface area (Å²) in [5.41, 5.74) is 8.40. The Balaban J connectivity index is 2.73. The van der Waals surface area contributed by atoms with Crippen LogP contribution < -0.4 is 15.8 Å². The third-order valence-corrected chi connectivity index (χ3v) is 7.01. The molecule has 0 aliphatic rings. The average molecular weight is 493 g/mol. The van der Waals surface area contributed by atoms with Gasteiger partial charge in [0.1, 0.15) is 5.75 Å². The van der Waals surface area contributed by atoms with Gasteiger partial charge in [0, 0.05) is 38.1 Å². The number of benzene rings is 1. The third-order valence-electron chi connectivity index (χ3n) is 7.01. The van der Waals surface area contributed by atoms with E-state index >= 15 is 0 Å². The van der Waals surface area contributed by atoms with E-state index in [-0.39, 0.29) is 12.5 Å². The van der Waals surface area contributed by atoms with Crippen LogP contribution in [0, 0.1) is 17.3 Å². The van der Waals surface area contributed by atoms with Crippen LogP contribution in [0.2, 0.25) is 0 Å². The predicted molar refractivity (Wildman–Crippen MR) is 145 cm³/mol. The predicted octanol–water partition coefficient (Wildman–Crippen LogP) is 4.89. The molecule has 0 saturated heterocycles. The van der Waals surface area contributed by atoms with Crippen molar-refractivity contribution in [3.63, 3.8) is 0 Å². The van der Waals surface area contributed by atoms with Crippen LogP contribution in [0.15, 0.2) is 18.2 Å². The average Bonchev–Trinajstić information content (AvgIpc) is 2.83. The zero-order chi connectivity index (χ0) is 26.4. The number of unbranched alkanes of at least 4 members (excludes halogenated alkanes) is 1. The van der Waals surface area contributed by atoms with Crippen LogP contribution in [0.1, 0.15) is 84.8 Å². The highest BCUT2D eigenvalue weighted by molar-refractivity contribution is 5.81. The molecule has 0 saturated carbocycles. The van der Waals surface area contributed by atoms with Crippen molar-refractivity contribution in [2.75, 3.05) is 26.9 Å². The van der Waals surface area contributed by atoms with E-state index in [4.69, 9.17) is 15.2 Å². The number of methoxy groups -OCH3 is 1. The molecule has 0 spiro atoms. The summed E-state index contributed by atoms with van der Waals surface area (Å²) in [7, 11) is 1.70. The minimum Gasteiger partial charge on any atom is -0.493 e. The molecular weight excluding hydrogens is 440 g/mol. The zero-order valence-electron chi connectivity index (χ0n) is 23.4. The van der Waals surface area contributed by atoms with Crippen molar-refractivity contribution in [3.05, 3.63) is 29.3 Å². The van der Waals surface area contributed by atoms with Crippen molar-refractivity contribution in [1.29, 1.82) is 0 Å². The molecule has 0 unspecified atom stereocenters. The molecule has 1 aromatic carbocycles. The van der Waals surface area contributed by atoms with Crippen molar-refractivity contribution in [3.8, 4) is 5.75 Å². The number of rotatable bonds is 18. The van der Waals surface area contributed by atoms with Crippen molar-refractivity contribution in [1.82, 2.24) is 5.32 Å². The maximum absolute atomic E-state index is 12.6. The molecule has 0 aliphatic carbocycles. The van der Waals surface area contributed by atoms with Gasteiger partial charge in [0.2, 0.25) is 5.91 Å². The SMILES string of the molecule is CCCCC(C)(C)C(=O)NC[C@H](O)[C@@H](N)C[C@H](Cc1ccc(CC)c(OCCCOC)c1)C(C)C. The number of aliphatic hydroxyl groups excluding tert-OH is 1. The summed E-state index contributed by atoms with van der Waals surface area (Å²) in [5, 5.41) is 13.6. The smallest absolute Gasteiger partial charge is 0.225 e. The molecule has 1 rings (SSSR count). The number of carbonyl (C=O) groups is 1. The summed E-state index contributed by atoms with van der Waals surface area (Å²) in [6, 6.07) is 6.09. The maximum Gasteiger partial charge on any atom is 0.225 e. The van der Waals surface area contributed by atoms with Crippen LogP contribution in [-0.4, -0.2) is 50.0 Å². The van der Waals surface area contributed by atoms with Gasteiger partial charge in [-0.3, -0.25) is 4.79 Å². The number of hydrogen-bond donors (Lipinski definition) is 3. The molecule has 1 amide bonds. The Morgan fingerprint density at radius 3 is 2.49 bits per heavy atom. The maximum atomic E-state index is 12.6. The normalized spacial score (nSPS) is 14.6. The van der Waals surface area contributed by atoms with Crippen LogP contribution in [0.3, 0.4) is 0 Å². The molecule has 6 nitrogen and oxygen atoms in total. The van der Waals surface area contributed by atoms with E-state index in [1.165, 1.54) is 11.1 Å². The van der Waals surface area contributed by atoms with E-state index in [9.17, 15) is 9.90 Å². The summed E-state index contributed by atoms with van der Waals surface area (Å²) in [6.07, 6.45) is 5.47. The summed E-state index contributed by atoms with van der Waals surface area (Å²) in [5.74, 6) is 1.64. The standard InChI is InChI=1S/C29H52N2O4/c1-8-10-14-29(5,6)28(33)31-20-26(32)25(30)19-24(21(3)4)17-22-12-13-23(9-2)27(18-22)35-16-11-15-34-7/h12-13,18,21,24-26,32H,8-11,14-17,19-20,30H2,1-7H3,(H,31,33)/t24-,25-,26-/m0/s1. The van der Waals surface area contributed by atoms with Crippen LogP contribution in [0.4, 0.5) is 0 Å². The highest BCUT2D eigenvalue weighted by Gasteiger charge is 2.28. The molecular formula is C29H52N2O4. The summed E-state index contributed by atoms with van der Waals surface area (Å²) in [4.78, 5) is 12.6. The number of aryl methyl sites for hydroxylation is 1. The Morgan fingerprint density at radius 2 is 1.89 bits per heavy atom. The lowest BCUT2D eigenvalue weighted by molar-refractivity contribution is -0.130. The lowest BCUT2D eigenvalue weighted by atomic mass is 9.83. The van der Waals surface area contributed by atoms with Crippen molar-refractivity contribution in [2.24, 2.45) is 23.0 Å². The Hall–Kier alpha value is -1.63. The first-order chi connectivity index (χ1) is 16.5. The van der Waals surface area contributed by atoms with Crippen LogP contribution in [-0.2, 0) is 22.4 Å². The molecule has 202 valence electrons. The first-order valence-corrected chi connectivity index (χ1v) is 13.5. The molecule has 0 aromatic heterocycles. The van der Waals surface area contributed by atoms with Crippen LogP contribution >= 0.6 is 0 Å². The lowest BCUT2D eigenvalue weighted by Crippen LogP contribution is -2.47. The topological polar surface area (TPSA) is 93.8 Å². The number of aliphatic hydroxyl groups is 1. The molecule has 1 aromatic rings. The first kappa shape index (κ1) is 31.4.